The Morgan fingerprint density at radius 2 is 1.91 bits per heavy atom. The standard InChI is InChI=1S/C20H30N2O/c1-4-18-20(13-8-5-9-14-20)16-10-6-7-11-17(16)22(18)19(23)12-15-21(2)3/h6-7,10-11,18H,4-5,8-9,12-15H2,1-3H3. The topological polar surface area (TPSA) is 23.6 Å². The number of hydrogen-bond acceptors (Lipinski definition) is 2. The second kappa shape index (κ2) is 6.64. The lowest BCUT2D eigenvalue weighted by molar-refractivity contribution is -0.119. The first-order chi connectivity index (χ1) is 11.1. The Hall–Kier alpha value is -1.35. The molecule has 126 valence electrons. The summed E-state index contributed by atoms with van der Waals surface area (Å²) < 4.78 is 0. The van der Waals surface area contributed by atoms with Crippen LogP contribution in [0.3, 0.4) is 0 Å². The summed E-state index contributed by atoms with van der Waals surface area (Å²) in [5.41, 5.74) is 2.83. The molecule has 3 rings (SSSR count). The largest absolute Gasteiger partial charge is 0.309 e. The molecule has 1 unspecified atom stereocenters. The number of nitrogens with zero attached hydrogens (tertiary/aromatic N) is 2. The van der Waals surface area contributed by atoms with Crippen LogP contribution < -0.4 is 4.90 Å². The van der Waals surface area contributed by atoms with Gasteiger partial charge in [-0.15, -0.1) is 0 Å². The van der Waals surface area contributed by atoms with Crippen LogP contribution in [0.2, 0.25) is 0 Å². The van der Waals surface area contributed by atoms with Crippen molar-refractivity contribution in [2.75, 3.05) is 25.5 Å². The first kappa shape index (κ1) is 16.5. The van der Waals surface area contributed by atoms with Gasteiger partial charge in [0.05, 0.1) is 0 Å². The maximum absolute atomic E-state index is 13.0. The van der Waals surface area contributed by atoms with E-state index < -0.39 is 0 Å². The molecular formula is C20H30N2O. The second-order valence-electron chi connectivity index (χ2n) is 7.48. The molecule has 1 aliphatic heterocycles. The Balaban J connectivity index is 1.97. The molecule has 1 aromatic carbocycles. The third-order valence-corrected chi connectivity index (χ3v) is 5.82. The zero-order valence-corrected chi connectivity index (χ0v) is 14.8. The number of para-hydroxylation sites is 1. The molecule has 0 aromatic heterocycles. The van der Waals surface area contributed by atoms with Crippen molar-refractivity contribution in [2.45, 2.75) is 63.3 Å². The fourth-order valence-electron chi connectivity index (χ4n) is 4.81. The third kappa shape index (κ3) is 2.80. The molecule has 0 radical (unpaired) electrons. The lowest BCUT2D eigenvalue weighted by atomic mass is 9.66. The predicted molar refractivity (Wildman–Crippen MR) is 95.9 cm³/mol. The van der Waals surface area contributed by atoms with Crippen LogP contribution in [-0.2, 0) is 10.2 Å². The van der Waals surface area contributed by atoms with Gasteiger partial charge < -0.3 is 9.80 Å². The van der Waals surface area contributed by atoms with Crippen molar-refractivity contribution in [1.29, 1.82) is 0 Å². The van der Waals surface area contributed by atoms with Crippen LogP contribution in [0.25, 0.3) is 0 Å². The lowest BCUT2D eigenvalue weighted by Gasteiger charge is -2.41. The zero-order chi connectivity index (χ0) is 16.4. The molecular weight excluding hydrogens is 284 g/mol. The minimum atomic E-state index is 0.206. The van der Waals surface area contributed by atoms with Crippen LogP contribution in [0, 0.1) is 0 Å². The molecule has 0 bridgehead atoms. The normalized spacial score (nSPS) is 22.6. The van der Waals surface area contributed by atoms with Gasteiger partial charge >= 0.3 is 0 Å². The highest BCUT2D eigenvalue weighted by Gasteiger charge is 2.51. The SMILES string of the molecule is CCC1N(C(=O)CCN(C)C)c2ccccc2C12CCCCC2. The maximum atomic E-state index is 13.0. The number of hydrogen-bond donors (Lipinski definition) is 0. The third-order valence-electron chi connectivity index (χ3n) is 5.82. The first-order valence-electron chi connectivity index (χ1n) is 9.16. The van der Waals surface area contributed by atoms with Gasteiger partial charge in [0.2, 0.25) is 5.91 Å². The van der Waals surface area contributed by atoms with Gasteiger partial charge in [0.25, 0.3) is 0 Å². The fraction of sp³-hybridized carbons (Fsp3) is 0.650. The Morgan fingerprint density at radius 1 is 1.22 bits per heavy atom. The van der Waals surface area contributed by atoms with E-state index in [-0.39, 0.29) is 5.41 Å². The van der Waals surface area contributed by atoms with Crippen molar-refractivity contribution in [2.24, 2.45) is 0 Å². The van der Waals surface area contributed by atoms with Crippen molar-refractivity contribution >= 4 is 11.6 Å². The molecule has 3 nitrogen and oxygen atoms in total. The summed E-state index contributed by atoms with van der Waals surface area (Å²) in [4.78, 5) is 17.3. The van der Waals surface area contributed by atoms with Gasteiger partial charge in [-0.3, -0.25) is 4.79 Å². The summed E-state index contributed by atoms with van der Waals surface area (Å²) in [6.07, 6.45) is 8.06. The number of carbonyl (C=O) groups excluding carboxylic acids is 1. The van der Waals surface area contributed by atoms with E-state index in [0.717, 1.165) is 13.0 Å². The van der Waals surface area contributed by atoms with E-state index in [1.165, 1.54) is 43.4 Å². The number of anilines is 1. The van der Waals surface area contributed by atoms with Crippen LogP contribution in [0.15, 0.2) is 24.3 Å². The number of amides is 1. The summed E-state index contributed by atoms with van der Waals surface area (Å²) in [5, 5.41) is 0. The Kier molecular flexibility index (Phi) is 4.77. The molecule has 1 saturated carbocycles. The van der Waals surface area contributed by atoms with Crippen LogP contribution in [0.1, 0.15) is 57.4 Å². The average Bonchev–Trinajstić information content (AvgIpc) is 2.83. The zero-order valence-electron chi connectivity index (χ0n) is 14.8. The average molecular weight is 314 g/mol. The van der Waals surface area contributed by atoms with E-state index in [1.54, 1.807) is 0 Å². The van der Waals surface area contributed by atoms with Gasteiger partial charge in [-0.05, 0) is 45.0 Å². The van der Waals surface area contributed by atoms with Gasteiger partial charge in [0, 0.05) is 30.1 Å². The predicted octanol–water partition coefficient (Wildman–Crippen LogP) is 3.97. The molecule has 0 saturated heterocycles. The first-order valence-corrected chi connectivity index (χ1v) is 9.16. The fourth-order valence-corrected chi connectivity index (χ4v) is 4.81. The maximum Gasteiger partial charge on any atom is 0.228 e. The van der Waals surface area contributed by atoms with Crippen LogP contribution in [0.4, 0.5) is 5.69 Å². The number of benzene rings is 1. The van der Waals surface area contributed by atoms with E-state index in [4.69, 9.17) is 0 Å². The van der Waals surface area contributed by atoms with E-state index in [2.05, 4.69) is 41.0 Å². The molecule has 1 spiro atoms. The molecule has 1 amide bonds. The smallest absolute Gasteiger partial charge is 0.228 e. The van der Waals surface area contributed by atoms with Crippen molar-refractivity contribution < 1.29 is 4.79 Å². The molecule has 3 heteroatoms. The summed E-state index contributed by atoms with van der Waals surface area (Å²) in [7, 11) is 4.07. The molecule has 0 N–H and O–H groups in total. The molecule has 1 heterocycles. The quantitative estimate of drug-likeness (QED) is 0.839. The number of fused-ring (bicyclic) bond motifs is 2. The van der Waals surface area contributed by atoms with Gasteiger partial charge in [-0.2, -0.15) is 0 Å². The van der Waals surface area contributed by atoms with Crippen molar-refractivity contribution in [3.63, 3.8) is 0 Å². The highest BCUT2D eigenvalue weighted by atomic mass is 16.2. The van der Waals surface area contributed by atoms with Crippen molar-refractivity contribution in [3.05, 3.63) is 29.8 Å². The van der Waals surface area contributed by atoms with Crippen molar-refractivity contribution in [3.8, 4) is 0 Å². The second-order valence-corrected chi connectivity index (χ2v) is 7.48. The van der Waals surface area contributed by atoms with E-state index in [1.807, 2.05) is 14.1 Å². The van der Waals surface area contributed by atoms with E-state index in [0.29, 0.717) is 18.4 Å². The van der Waals surface area contributed by atoms with Gasteiger partial charge in [-0.25, -0.2) is 0 Å². The number of rotatable bonds is 4. The Morgan fingerprint density at radius 3 is 2.57 bits per heavy atom. The number of carbonyl (C=O) groups is 1. The minimum absolute atomic E-state index is 0.206. The molecule has 1 fully saturated rings. The monoisotopic (exact) mass is 314 g/mol. The molecule has 2 aliphatic rings. The van der Waals surface area contributed by atoms with E-state index >= 15 is 0 Å². The van der Waals surface area contributed by atoms with Crippen LogP contribution >= 0.6 is 0 Å². The van der Waals surface area contributed by atoms with Gasteiger partial charge in [0.15, 0.2) is 0 Å². The van der Waals surface area contributed by atoms with Crippen molar-refractivity contribution in [1.82, 2.24) is 4.90 Å². The highest BCUT2D eigenvalue weighted by Crippen LogP contribution is 2.54. The Bertz CT molecular complexity index is 561. The summed E-state index contributed by atoms with van der Waals surface area (Å²) in [6, 6.07) is 9.02. The summed E-state index contributed by atoms with van der Waals surface area (Å²) in [6.45, 7) is 3.07. The van der Waals surface area contributed by atoms with E-state index in [9.17, 15) is 4.79 Å². The minimum Gasteiger partial charge on any atom is -0.309 e. The summed E-state index contributed by atoms with van der Waals surface area (Å²) in [5.74, 6) is 0.292. The summed E-state index contributed by atoms with van der Waals surface area (Å²) >= 11 is 0. The van der Waals surface area contributed by atoms with Crippen LogP contribution in [0.5, 0.6) is 0 Å². The highest BCUT2D eigenvalue weighted by molar-refractivity contribution is 5.97. The molecule has 23 heavy (non-hydrogen) atoms. The van der Waals surface area contributed by atoms with Gasteiger partial charge in [-0.1, -0.05) is 44.4 Å². The van der Waals surface area contributed by atoms with Gasteiger partial charge in [0.1, 0.15) is 0 Å². The molecule has 1 aromatic rings. The van der Waals surface area contributed by atoms with Crippen LogP contribution in [-0.4, -0.2) is 37.5 Å². The Labute approximate surface area is 140 Å². The molecule has 1 aliphatic carbocycles. The molecule has 1 atom stereocenters. The lowest BCUT2D eigenvalue weighted by Crippen LogP contribution is -2.48.